The molecule has 0 aliphatic carbocycles. The molecule has 5 nitrogen and oxygen atoms in total. The molecule has 0 aliphatic rings. The molecule has 150 valence electrons. The highest BCUT2D eigenvalue weighted by Gasteiger charge is 2.06. The fourth-order valence-corrected chi connectivity index (χ4v) is 3.27. The molecule has 0 aliphatic heterocycles. The number of carbonyl (C=O) groups excluding carboxylic acids is 1. The van der Waals surface area contributed by atoms with Crippen LogP contribution < -0.4 is 0 Å². The van der Waals surface area contributed by atoms with Gasteiger partial charge in [0.25, 0.3) is 10.1 Å². The van der Waals surface area contributed by atoms with Gasteiger partial charge in [0.1, 0.15) is 0 Å². The summed E-state index contributed by atoms with van der Waals surface area (Å²) in [5, 5.41) is 0. The molecular weight excluding hydrogens is 340 g/mol. The summed E-state index contributed by atoms with van der Waals surface area (Å²) >= 11 is 0. The first-order valence-corrected chi connectivity index (χ1v) is 11.7. The van der Waals surface area contributed by atoms with E-state index in [2.05, 4.69) is 6.92 Å². The van der Waals surface area contributed by atoms with Crippen LogP contribution in [0.5, 0.6) is 0 Å². The molecule has 0 aromatic heterocycles. The van der Waals surface area contributed by atoms with Crippen molar-refractivity contribution < 1.29 is 22.5 Å². The standard InChI is InChI=1S/C19H38O5S/c1-2-3-4-5-6-7-8-9-10-11-12-13-14-16-19(20)24-17-15-18-25(21,22)23/h2-18H2,1H3,(H,21,22,23). The fraction of sp³-hybridized carbons (Fsp3) is 0.947. The molecule has 25 heavy (non-hydrogen) atoms. The van der Waals surface area contributed by atoms with Crippen LogP contribution in [0.2, 0.25) is 0 Å². The molecule has 0 saturated heterocycles. The largest absolute Gasteiger partial charge is 0.466 e. The van der Waals surface area contributed by atoms with Gasteiger partial charge in [0, 0.05) is 6.42 Å². The normalized spacial score (nSPS) is 11.6. The van der Waals surface area contributed by atoms with Crippen molar-refractivity contribution in [3.8, 4) is 0 Å². The zero-order chi connectivity index (χ0) is 18.8. The lowest BCUT2D eigenvalue weighted by atomic mass is 10.0. The van der Waals surface area contributed by atoms with E-state index < -0.39 is 10.1 Å². The fourth-order valence-electron chi connectivity index (χ4n) is 2.79. The van der Waals surface area contributed by atoms with Crippen molar-refractivity contribution in [3.63, 3.8) is 0 Å². The van der Waals surface area contributed by atoms with E-state index in [9.17, 15) is 13.2 Å². The molecule has 0 aromatic carbocycles. The van der Waals surface area contributed by atoms with Gasteiger partial charge in [-0.05, 0) is 12.8 Å². The number of rotatable bonds is 18. The van der Waals surface area contributed by atoms with Crippen molar-refractivity contribution in [2.45, 2.75) is 103 Å². The molecule has 0 saturated carbocycles. The Morgan fingerprint density at radius 2 is 1.20 bits per heavy atom. The van der Waals surface area contributed by atoms with Gasteiger partial charge in [-0.3, -0.25) is 9.35 Å². The minimum atomic E-state index is -3.95. The second kappa shape index (κ2) is 16.8. The van der Waals surface area contributed by atoms with Crippen molar-refractivity contribution in [2.75, 3.05) is 12.4 Å². The van der Waals surface area contributed by atoms with Crippen LogP contribution in [0, 0.1) is 0 Å². The van der Waals surface area contributed by atoms with Gasteiger partial charge in [-0.2, -0.15) is 8.42 Å². The third-order valence-corrected chi connectivity index (χ3v) is 5.10. The first kappa shape index (κ1) is 24.4. The molecule has 0 aromatic rings. The quantitative estimate of drug-likeness (QED) is 0.199. The number of carbonyl (C=O) groups is 1. The summed E-state index contributed by atoms with van der Waals surface area (Å²) in [7, 11) is -3.95. The Balaban J connectivity index is 3.21. The van der Waals surface area contributed by atoms with Crippen molar-refractivity contribution in [1.82, 2.24) is 0 Å². The van der Waals surface area contributed by atoms with Crippen LogP contribution in [0.15, 0.2) is 0 Å². The molecule has 0 fully saturated rings. The molecule has 0 spiro atoms. The highest BCUT2D eigenvalue weighted by Crippen LogP contribution is 2.13. The SMILES string of the molecule is CCCCCCCCCCCCCCCC(=O)OCCCS(=O)(=O)O. The molecule has 1 N–H and O–H groups in total. The lowest BCUT2D eigenvalue weighted by molar-refractivity contribution is -0.143. The van der Waals surface area contributed by atoms with Crippen molar-refractivity contribution in [1.29, 1.82) is 0 Å². The molecule has 0 bridgehead atoms. The average molecular weight is 379 g/mol. The van der Waals surface area contributed by atoms with Gasteiger partial charge in [-0.15, -0.1) is 0 Å². The first-order valence-electron chi connectivity index (χ1n) is 10.1. The van der Waals surface area contributed by atoms with Gasteiger partial charge in [0.15, 0.2) is 0 Å². The summed E-state index contributed by atoms with van der Waals surface area (Å²) in [5.74, 6) is -0.641. The van der Waals surface area contributed by atoms with Crippen LogP contribution >= 0.6 is 0 Å². The maximum atomic E-state index is 11.4. The Kier molecular flexibility index (Phi) is 16.4. The molecule has 0 radical (unpaired) electrons. The molecule has 0 heterocycles. The zero-order valence-electron chi connectivity index (χ0n) is 16.0. The van der Waals surface area contributed by atoms with Gasteiger partial charge in [-0.25, -0.2) is 0 Å². The smallest absolute Gasteiger partial charge is 0.305 e. The zero-order valence-corrected chi connectivity index (χ0v) is 16.8. The van der Waals surface area contributed by atoms with E-state index in [4.69, 9.17) is 9.29 Å². The summed E-state index contributed by atoms with van der Waals surface area (Å²) in [5.41, 5.74) is 0. The minimum Gasteiger partial charge on any atom is -0.466 e. The van der Waals surface area contributed by atoms with Crippen LogP contribution in [0.1, 0.15) is 103 Å². The van der Waals surface area contributed by atoms with Crippen molar-refractivity contribution >= 4 is 16.1 Å². The third-order valence-electron chi connectivity index (χ3n) is 4.29. The van der Waals surface area contributed by atoms with Crippen LogP contribution in [0.25, 0.3) is 0 Å². The predicted octanol–water partition coefficient (Wildman–Crippen LogP) is 5.29. The number of hydrogen-bond acceptors (Lipinski definition) is 4. The van der Waals surface area contributed by atoms with Crippen LogP contribution in [0.3, 0.4) is 0 Å². The summed E-state index contributed by atoms with van der Waals surface area (Å²) in [6.07, 6.45) is 17.0. The monoisotopic (exact) mass is 378 g/mol. The number of unbranched alkanes of at least 4 members (excludes halogenated alkanes) is 12. The topological polar surface area (TPSA) is 80.7 Å². The number of esters is 1. The van der Waals surface area contributed by atoms with E-state index in [1.54, 1.807) is 0 Å². The molecular formula is C19H38O5S. The Morgan fingerprint density at radius 1 is 0.760 bits per heavy atom. The highest BCUT2D eigenvalue weighted by atomic mass is 32.2. The Morgan fingerprint density at radius 3 is 1.64 bits per heavy atom. The van der Waals surface area contributed by atoms with E-state index in [-0.39, 0.29) is 24.7 Å². The highest BCUT2D eigenvalue weighted by molar-refractivity contribution is 7.85. The third kappa shape index (κ3) is 21.3. The van der Waals surface area contributed by atoms with Crippen molar-refractivity contribution in [2.24, 2.45) is 0 Å². The molecule has 0 amide bonds. The molecule has 0 unspecified atom stereocenters. The first-order chi connectivity index (χ1) is 12.0. The van der Waals surface area contributed by atoms with Gasteiger partial charge in [0.05, 0.1) is 12.4 Å². The number of ether oxygens (including phenoxy) is 1. The predicted molar refractivity (Wildman–Crippen MR) is 102 cm³/mol. The summed E-state index contributed by atoms with van der Waals surface area (Å²) in [6, 6.07) is 0. The van der Waals surface area contributed by atoms with Crippen LogP contribution in [0.4, 0.5) is 0 Å². The van der Waals surface area contributed by atoms with Crippen LogP contribution in [-0.2, 0) is 19.6 Å². The molecule has 0 rings (SSSR count). The Hall–Kier alpha value is -0.620. The lowest BCUT2D eigenvalue weighted by Gasteiger charge is -2.05. The number of hydrogen-bond donors (Lipinski definition) is 1. The minimum absolute atomic E-state index is 0.0526. The summed E-state index contributed by atoms with van der Waals surface area (Å²) < 4.78 is 34.5. The van der Waals surface area contributed by atoms with E-state index in [1.165, 1.54) is 64.2 Å². The Labute approximate surface area is 154 Å². The van der Waals surface area contributed by atoms with E-state index in [0.717, 1.165) is 19.3 Å². The summed E-state index contributed by atoms with van der Waals surface area (Å²) in [6.45, 7) is 2.30. The maximum Gasteiger partial charge on any atom is 0.305 e. The van der Waals surface area contributed by atoms with Crippen LogP contribution in [-0.4, -0.2) is 31.3 Å². The molecule has 0 atom stereocenters. The second-order valence-corrected chi connectivity index (χ2v) is 8.42. The Bertz CT molecular complexity index is 406. The second-order valence-electron chi connectivity index (χ2n) is 6.85. The van der Waals surface area contributed by atoms with E-state index >= 15 is 0 Å². The lowest BCUT2D eigenvalue weighted by Crippen LogP contribution is -2.10. The van der Waals surface area contributed by atoms with Crippen molar-refractivity contribution in [3.05, 3.63) is 0 Å². The van der Waals surface area contributed by atoms with Gasteiger partial charge >= 0.3 is 5.97 Å². The maximum absolute atomic E-state index is 11.4. The van der Waals surface area contributed by atoms with E-state index in [0.29, 0.717) is 6.42 Å². The van der Waals surface area contributed by atoms with E-state index in [1.807, 2.05) is 0 Å². The van der Waals surface area contributed by atoms with Gasteiger partial charge in [-0.1, -0.05) is 84.0 Å². The molecule has 6 heteroatoms. The van der Waals surface area contributed by atoms with Gasteiger partial charge in [0.2, 0.25) is 0 Å². The van der Waals surface area contributed by atoms with Gasteiger partial charge < -0.3 is 4.74 Å². The average Bonchev–Trinajstić information content (AvgIpc) is 2.55. The summed E-state index contributed by atoms with van der Waals surface area (Å²) in [4.78, 5) is 11.4.